The maximum atomic E-state index is 12.7. The van der Waals surface area contributed by atoms with Crippen LogP contribution in [0.5, 0.6) is 11.6 Å². The molecule has 0 saturated carbocycles. The lowest BCUT2D eigenvalue weighted by Gasteiger charge is -2.14. The van der Waals surface area contributed by atoms with Crippen LogP contribution in [-0.2, 0) is 6.54 Å². The molecule has 0 atom stereocenters. The fraction of sp³-hybridized carbons (Fsp3) is 0.0385. The van der Waals surface area contributed by atoms with Crippen LogP contribution in [0.25, 0.3) is 0 Å². The predicted molar refractivity (Wildman–Crippen MR) is 124 cm³/mol. The molecule has 0 unspecified atom stereocenters. The summed E-state index contributed by atoms with van der Waals surface area (Å²) in [5, 5.41) is 2.83. The first-order valence-electron chi connectivity index (χ1n) is 10.5. The minimum Gasteiger partial charge on any atom is -0.437 e. The van der Waals surface area contributed by atoms with Crippen molar-refractivity contribution in [2.75, 3.05) is 5.32 Å². The number of rotatable bonds is 6. The van der Waals surface area contributed by atoms with Crippen molar-refractivity contribution in [3.05, 3.63) is 114 Å². The van der Waals surface area contributed by atoms with Gasteiger partial charge in [-0.05, 0) is 42.0 Å². The van der Waals surface area contributed by atoms with Crippen molar-refractivity contribution in [1.29, 1.82) is 0 Å². The highest BCUT2D eigenvalue weighted by Gasteiger charge is 2.34. The largest absolute Gasteiger partial charge is 0.437 e. The molecule has 3 amide bonds. The molecule has 8 heteroatoms. The molecule has 4 aromatic rings. The standard InChI is InChI=1S/C26H18N4O4/c31-24(29-19-4-3-5-20(14-19)34-23-15-27-12-13-28-23)18-10-8-17(9-11-18)16-30-25(32)21-6-1-2-7-22(21)26(30)33/h1-15H,16H2,(H,29,31). The summed E-state index contributed by atoms with van der Waals surface area (Å²) in [6.07, 6.45) is 4.57. The summed E-state index contributed by atoms with van der Waals surface area (Å²) in [5.41, 5.74) is 2.56. The maximum Gasteiger partial charge on any atom is 0.261 e. The lowest BCUT2D eigenvalue weighted by molar-refractivity contribution is 0.0642. The average Bonchev–Trinajstić information content (AvgIpc) is 3.10. The number of nitrogens with one attached hydrogen (secondary N) is 1. The van der Waals surface area contributed by atoms with E-state index in [1.54, 1.807) is 79.0 Å². The number of ether oxygens (including phenoxy) is 1. The molecule has 0 radical (unpaired) electrons. The molecule has 0 aliphatic carbocycles. The van der Waals surface area contributed by atoms with Crippen molar-refractivity contribution in [2.45, 2.75) is 6.54 Å². The van der Waals surface area contributed by atoms with E-state index in [2.05, 4.69) is 15.3 Å². The summed E-state index contributed by atoms with van der Waals surface area (Å²) in [6.45, 7) is 0.135. The quantitative estimate of drug-likeness (QED) is 0.439. The van der Waals surface area contributed by atoms with Crippen LogP contribution in [0.1, 0.15) is 36.6 Å². The van der Waals surface area contributed by atoms with Gasteiger partial charge in [-0.25, -0.2) is 4.98 Å². The zero-order chi connectivity index (χ0) is 23.5. The van der Waals surface area contributed by atoms with Crippen LogP contribution in [0.15, 0.2) is 91.4 Å². The number of amides is 3. The Labute approximate surface area is 194 Å². The van der Waals surface area contributed by atoms with Gasteiger partial charge in [-0.15, -0.1) is 0 Å². The van der Waals surface area contributed by atoms with Gasteiger partial charge in [0.15, 0.2) is 0 Å². The number of carbonyl (C=O) groups is 3. The van der Waals surface area contributed by atoms with Gasteiger partial charge in [-0.2, -0.15) is 0 Å². The first kappa shape index (κ1) is 21.0. The fourth-order valence-corrected chi connectivity index (χ4v) is 3.63. The Morgan fingerprint density at radius 2 is 1.62 bits per heavy atom. The van der Waals surface area contributed by atoms with Gasteiger partial charge < -0.3 is 10.1 Å². The molecular formula is C26H18N4O4. The first-order valence-corrected chi connectivity index (χ1v) is 10.5. The Hall–Kier alpha value is -4.85. The minimum absolute atomic E-state index is 0.135. The van der Waals surface area contributed by atoms with Crippen LogP contribution >= 0.6 is 0 Å². The minimum atomic E-state index is -0.314. The number of hydrogen-bond donors (Lipinski definition) is 1. The van der Waals surface area contributed by atoms with E-state index in [9.17, 15) is 14.4 Å². The second-order valence-corrected chi connectivity index (χ2v) is 7.57. The van der Waals surface area contributed by atoms with E-state index in [4.69, 9.17) is 4.74 Å². The van der Waals surface area contributed by atoms with E-state index < -0.39 is 0 Å². The average molecular weight is 450 g/mol. The monoisotopic (exact) mass is 450 g/mol. The van der Waals surface area contributed by atoms with Crippen LogP contribution in [-0.4, -0.2) is 32.6 Å². The van der Waals surface area contributed by atoms with Crippen LogP contribution in [0.3, 0.4) is 0 Å². The normalized spacial score (nSPS) is 12.4. The summed E-state index contributed by atoms with van der Waals surface area (Å²) in [7, 11) is 0. The van der Waals surface area contributed by atoms with Crippen LogP contribution < -0.4 is 10.1 Å². The Kier molecular flexibility index (Phi) is 5.53. The Balaban J connectivity index is 1.24. The Morgan fingerprint density at radius 3 is 2.29 bits per heavy atom. The lowest BCUT2D eigenvalue weighted by Crippen LogP contribution is -2.29. The van der Waals surface area contributed by atoms with Gasteiger partial charge >= 0.3 is 0 Å². The summed E-state index contributed by atoms with van der Waals surface area (Å²) < 4.78 is 5.64. The van der Waals surface area contributed by atoms with Gasteiger partial charge in [-0.1, -0.05) is 30.3 Å². The Morgan fingerprint density at radius 1 is 0.882 bits per heavy atom. The fourth-order valence-electron chi connectivity index (χ4n) is 3.63. The number of hydrogen-bond acceptors (Lipinski definition) is 6. The van der Waals surface area contributed by atoms with Gasteiger partial charge in [0.25, 0.3) is 17.7 Å². The highest BCUT2D eigenvalue weighted by atomic mass is 16.5. The highest BCUT2D eigenvalue weighted by molar-refractivity contribution is 6.21. The van der Waals surface area contributed by atoms with E-state index >= 15 is 0 Å². The second kappa shape index (κ2) is 8.95. The second-order valence-electron chi connectivity index (χ2n) is 7.57. The Bertz CT molecular complexity index is 1350. The molecule has 1 aromatic heterocycles. The van der Waals surface area contributed by atoms with Gasteiger partial charge in [0, 0.05) is 29.7 Å². The number of benzene rings is 3. The highest BCUT2D eigenvalue weighted by Crippen LogP contribution is 2.25. The van der Waals surface area contributed by atoms with Crippen LogP contribution in [0.4, 0.5) is 5.69 Å². The van der Waals surface area contributed by atoms with Gasteiger partial charge in [0.2, 0.25) is 5.88 Å². The molecule has 2 heterocycles. The first-order chi connectivity index (χ1) is 16.6. The van der Waals surface area contributed by atoms with Crippen molar-refractivity contribution < 1.29 is 19.1 Å². The zero-order valence-electron chi connectivity index (χ0n) is 17.8. The van der Waals surface area contributed by atoms with Crippen molar-refractivity contribution in [3.8, 4) is 11.6 Å². The lowest BCUT2D eigenvalue weighted by atomic mass is 10.1. The molecule has 34 heavy (non-hydrogen) atoms. The van der Waals surface area contributed by atoms with Crippen molar-refractivity contribution in [3.63, 3.8) is 0 Å². The molecule has 0 bridgehead atoms. The molecule has 5 rings (SSSR count). The van der Waals surface area contributed by atoms with Gasteiger partial charge in [0.05, 0.1) is 23.9 Å². The van der Waals surface area contributed by atoms with Crippen LogP contribution in [0, 0.1) is 0 Å². The van der Waals surface area contributed by atoms with E-state index in [1.807, 2.05) is 0 Å². The summed E-state index contributed by atoms with van der Waals surface area (Å²) in [6, 6.07) is 20.5. The molecule has 1 aliphatic rings. The smallest absolute Gasteiger partial charge is 0.261 e. The third-order valence-corrected chi connectivity index (χ3v) is 5.29. The van der Waals surface area contributed by atoms with Crippen molar-refractivity contribution >= 4 is 23.4 Å². The predicted octanol–water partition coefficient (Wildman–Crippen LogP) is 4.32. The van der Waals surface area contributed by atoms with Crippen molar-refractivity contribution in [1.82, 2.24) is 14.9 Å². The topological polar surface area (TPSA) is 101 Å². The van der Waals surface area contributed by atoms with E-state index in [0.29, 0.717) is 34.0 Å². The SMILES string of the molecule is O=C(Nc1cccc(Oc2cnccn2)c1)c1ccc(CN2C(=O)c3ccccc3C2=O)cc1. The number of fused-ring (bicyclic) bond motifs is 1. The molecule has 0 spiro atoms. The number of anilines is 1. The van der Waals surface area contributed by atoms with Crippen molar-refractivity contribution in [2.24, 2.45) is 0 Å². The summed E-state index contributed by atoms with van der Waals surface area (Å²) >= 11 is 0. The molecular weight excluding hydrogens is 432 g/mol. The third kappa shape index (κ3) is 4.24. The molecule has 8 nitrogen and oxygen atoms in total. The third-order valence-electron chi connectivity index (χ3n) is 5.29. The molecule has 166 valence electrons. The van der Waals surface area contributed by atoms with E-state index in [-0.39, 0.29) is 24.3 Å². The molecule has 1 aliphatic heterocycles. The van der Waals surface area contributed by atoms with E-state index in [0.717, 1.165) is 5.56 Å². The van der Waals surface area contributed by atoms with E-state index in [1.165, 1.54) is 17.3 Å². The zero-order valence-corrected chi connectivity index (χ0v) is 17.8. The number of imide groups is 1. The number of carbonyl (C=O) groups excluding carboxylic acids is 3. The number of aromatic nitrogens is 2. The van der Waals surface area contributed by atoms with Gasteiger partial charge in [-0.3, -0.25) is 24.3 Å². The molecule has 0 saturated heterocycles. The molecule has 3 aromatic carbocycles. The summed E-state index contributed by atoms with van der Waals surface area (Å²) in [4.78, 5) is 47.0. The number of nitrogens with zero attached hydrogens (tertiary/aromatic N) is 3. The molecule has 0 fully saturated rings. The maximum absolute atomic E-state index is 12.7. The molecule has 1 N–H and O–H groups in total. The summed E-state index contributed by atoms with van der Waals surface area (Å²) in [5.74, 6) is -0.0739. The van der Waals surface area contributed by atoms with Crippen LogP contribution in [0.2, 0.25) is 0 Å². The van der Waals surface area contributed by atoms with Gasteiger partial charge in [0.1, 0.15) is 5.75 Å².